The minimum atomic E-state index is -0.515. The van der Waals surface area contributed by atoms with Gasteiger partial charge in [0.2, 0.25) is 0 Å². The summed E-state index contributed by atoms with van der Waals surface area (Å²) in [5.74, 6) is 4.30. The smallest absolute Gasteiger partial charge is 0.0249 e. The van der Waals surface area contributed by atoms with Crippen LogP contribution in [0.3, 0.4) is 0 Å². The topological polar surface area (TPSA) is 29.1 Å². The molecule has 0 spiro atoms. The summed E-state index contributed by atoms with van der Waals surface area (Å²) in [5, 5.41) is 3.55. The largest absolute Gasteiger partial charge is 0.314 e. The zero-order valence-electron chi connectivity index (χ0n) is 8.96. The van der Waals surface area contributed by atoms with Gasteiger partial charge in [-0.25, -0.2) is 0 Å². The normalized spacial score (nSPS) is 27.8. The lowest BCUT2D eigenvalue weighted by Crippen LogP contribution is -2.36. The molecule has 0 bridgehead atoms. The molecule has 1 N–H and O–H groups in total. The van der Waals surface area contributed by atoms with E-state index in [1.165, 1.54) is 17.9 Å². The summed E-state index contributed by atoms with van der Waals surface area (Å²) in [6.45, 7) is 3.33. The van der Waals surface area contributed by atoms with Crippen molar-refractivity contribution >= 4 is 22.6 Å². The molecule has 0 radical (unpaired) electrons. The molecule has 1 aliphatic heterocycles. The Balaban J connectivity index is 1.94. The fourth-order valence-corrected chi connectivity index (χ4v) is 3.56. The third-order valence-corrected chi connectivity index (χ3v) is 4.86. The maximum Gasteiger partial charge on any atom is 0.0249 e. The van der Waals surface area contributed by atoms with E-state index in [2.05, 4.69) is 12.2 Å². The second-order valence-electron chi connectivity index (χ2n) is 3.63. The number of thioether (sulfide) groups is 1. The molecule has 1 fully saturated rings. The lowest BCUT2D eigenvalue weighted by molar-refractivity contribution is 0.477. The predicted molar refractivity (Wildman–Crippen MR) is 66.5 cm³/mol. The number of hydrogen-bond donors (Lipinski definition) is 1. The van der Waals surface area contributed by atoms with Crippen LogP contribution in [0.15, 0.2) is 0 Å². The van der Waals surface area contributed by atoms with Crippen molar-refractivity contribution in [3.63, 3.8) is 0 Å². The highest BCUT2D eigenvalue weighted by Gasteiger charge is 2.16. The van der Waals surface area contributed by atoms with Gasteiger partial charge in [0.1, 0.15) is 0 Å². The monoisotopic (exact) mass is 235 g/mol. The zero-order valence-corrected chi connectivity index (χ0v) is 10.6. The molecule has 1 aliphatic rings. The molecular weight excluding hydrogens is 214 g/mol. The SMILES string of the molecule is CCSCCCNC1CCS(=O)CC1. The molecule has 14 heavy (non-hydrogen) atoms. The van der Waals surface area contributed by atoms with Crippen LogP contribution in [-0.4, -0.2) is 39.8 Å². The highest BCUT2D eigenvalue weighted by Crippen LogP contribution is 2.09. The lowest BCUT2D eigenvalue weighted by atomic mass is 10.1. The zero-order chi connectivity index (χ0) is 10.2. The Kier molecular flexibility index (Phi) is 6.90. The van der Waals surface area contributed by atoms with E-state index in [0.29, 0.717) is 6.04 Å². The maximum absolute atomic E-state index is 11.1. The highest BCUT2D eigenvalue weighted by atomic mass is 32.2. The van der Waals surface area contributed by atoms with Gasteiger partial charge >= 0.3 is 0 Å². The number of rotatable bonds is 6. The minimum absolute atomic E-state index is 0.515. The van der Waals surface area contributed by atoms with Gasteiger partial charge in [-0.15, -0.1) is 0 Å². The van der Waals surface area contributed by atoms with Crippen LogP contribution in [0.2, 0.25) is 0 Å². The van der Waals surface area contributed by atoms with E-state index in [4.69, 9.17) is 0 Å². The average molecular weight is 235 g/mol. The van der Waals surface area contributed by atoms with E-state index in [0.717, 1.165) is 30.9 Å². The quantitative estimate of drug-likeness (QED) is 0.710. The van der Waals surface area contributed by atoms with Gasteiger partial charge in [0, 0.05) is 28.3 Å². The molecule has 0 aliphatic carbocycles. The molecule has 0 saturated carbocycles. The third-order valence-electron chi connectivity index (χ3n) is 2.49. The van der Waals surface area contributed by atoms with Crippen molar-refractivity contribution in [1.29, 1.82) is 0 Å². The third kappa shape index (κ3) is 5.37. The van der Waals surface area contributed by atoms with Crippen LogP contribution in [-0.2, 0) is 10.8 Å². The van der Waals surface area contributed by atoms with Crippen LogP contribution >= 0.6 is 11.8 Å². The molecule has 1 rings (SSSR count). The maximum atomic E-state index is 11.1. The van der Waals surface area contributed by atoms with Crippen LogP contribution in [0, 0.1) is 0 Å². The van der Waals surface area contributed by atoms with Crippen LogP contribution in [0.4, 0.5) is 0 Å². The van der Waals surface area contributed by atoms with Crippen molar-refractivity contribution in [2.45, 2.75) is 32.2 Å². The van der Waals surface area contributed by atoms with Crippen LogP contribution in [0.25, 0.3) is 0 Å². The molecule has 0 aromatic rings. The van der Waals surface area contributed by atoms with Crippen molar-refractivity contribution in [2.75, 3.05) is 29.6 Å². The van der Waals surface area contributed by atoms with Crippen LogP contribution in [0.5, 0.6) is 0 Å². The van der Waals surface area contributed by atoms with Gasteiger partial charge in [-0.05, 0) is 37.3 Å². The first-order valence-electron chi connectivity index (χ1n) is 5.49. The highest BCUT2D eigenvalue weighted by molar-refractivity contribution is 7.99. The fraction of sp³-hybridized carbons (Fsp3) is 1.00. The average Bonchev–Trinajstić information content (AvgIpc) is 2.21. The van der Waals surface area contributed by atoms with Gasteiger partial charge in [-0.2, -0.15) is 11.8 Å². The molecule has 0 amide bonds. The summed E-state index contributed by atoms with van der Waals surface area (Å²) in [4.78, 5) is 0. The van der Waals surface area contributed by atoms with Crippen molar-refractivity contribution < 1.29 is 4.21 Å². The molecule has 0 aromatic heterocycles. The summed E-state index contributed by atoms with van der Waals surface area (Å²) in [6, 6.07) is 0.638. The van der Waals surface area contributed by atoms with Gasteiger partial charge in [0.15, 0.2) is 0 Å². The van der Waals surface area contributed by atoms with E-state index < -0.39 is 10.8 Å². The second kappa shape index (κ2) is 7.71. The molecule has 0 aromatic carbocycles. The van der Waals surface area contributed by atoms with Gasteiger partial charge in [-0.3, -0.25) is 4.21 Å². The Morgan fingerprint density at radius 3 is 2.79 bits per heavy atom. The summed E-state index contributed by atoms with van der Waals surface area (Å²) < 4.78 is 11.1. The molecule has 1 saturated heterocycles. The molecule has 4 heteroatoms. The van der Waals surface area contributed by atoms with Crippen LogP contribution in [0.1, 0.15) is 26.2 Å². The van der Waals surface area contributed by atoms with Gasteiger partial charge < -0.3 is 5.32 Å². The van der Waals surface area contributed by atoms with Crippen molar-refractivity contribution in [2.24, 2.45) is 0 Å². The van der Waals surface area contributed by atoms with E-state index in [9.17, 15) is 4.21 Å². The van der Waals surface area contributed by atoms with Gasteiger partial charge in [0.05, 0.1) is 0 Å². The first-order chi connectivity index (χ1) is 6.83. The second-order valence-corrected chi connectivity index (χ2v) is 6.72. The van der Waals surface area contributed by atoms with E-state index in [1.807, 2.05) is 11.8 Å². The summed E-state index contributed by atoms with van der Waals surface area (Å²) >= 11 is 2.01. The summed E-state index contributed by atoms with van der Waals surface area (Å²) in [6.07, 6.45) is 3.47. The predicted octanol–water partition coefficient (Wildman–Crippen LogP) is 1.63. The first kappa shape index (κ1) is 12.5. The minimum Gasteiger partial charge on any atom is -0.314 e. The number of hydrogen-bond acceptors (Lipinski definition) is 3. The molecule has 1 heterocycles. The molecule has 0 atom stereocenters. The standard InChI is InChI=1S/C10H21NOS2/c1-2-13-7-3-6-11-10-4-8-14(12)9-5-10/h10-11H,2-9H2,1H3. The van der Waals surface area contributed by atoms with E-state index in [1.54, 1.807) is 0 Å². The molecule has 84 valence electrons. The summed E-state index contributed by atoms with van der Waals surface area (Å²) in [5.41, 5.74) is 0. The Labute approximate surface area is 94.1 Å². The summed E-state index contributed by atoms with van der Waals surface area (Å²) in [7, 11) is -0.515. The van der Waals surface area contributed by atoms with Crippen LogP contribution < -0.4 is 5.32 Å². The molecule has 0 unspecified atom stereocenters. The first-order valence-corrected chi connectivity index (χ1v) is 8.13. The van der Waals surface area contributed by atoms with Crippen molar-refractivity contribution in [3.05, 3.63) is 0 Å². The molecular formula is C10H21NOS2. The number of nitrogens with one attached hydrogen (secondary N) is 1. The Hall–Kier alpha value is 0.460. The van der Waals surface area contributed by atoms with E-state index in [-0.39, 0.29) is 0 Å². The van der Waals surface area contributed by atoms with Gasteiger partial charge in [0.25, 0.3) is 0 Å². The van der Waals surface area contributed by atoms with Crippen molar-refractivity contribution in [1.82, 2.24) is 5.32 Å². The Bertz CT molecular complexity index is 166. The van der Waals surface area contributed by atoms with Gasteiger partial charge in [-0.1, -0.05) is 6.92 Å². The Morgan fingerprint density at radius 2 is 2.14 bits per heavy atom. The fourth-order valence-electron chi connectivity index (χ4n) is 1.62. The Morgan fingerprint density at radius 1 is 1.43 bits per heavy atom. The molecule has 2 nitrogen and oxygen atoms in total. The lowest BCUT2D eigenvalue weighted by Gasteiger charge is -2.22. The van der Waals surface area contributed by atoms with Crippen molar-refractivity contribution in [3.8, 4) is 0 Å². The van der Waals surface area contributed by atoms with E-state index >= 15 is 0 Å².